The number of ether oxygens (including phenoxy) is 2. The highest BCUT2D eigenvalue weighted by molar-refractivity contribution is 5.88. The molecular formula is C28H44O5. The van der Waals surface area contributed by atoms with Crippen LogP contribution in [0.5, 0.6) is 0 Å². The van der Waals surface area contributed by atoms with Crippen LogP contribution in [0.15, 0.2) is 23.3 Å². The molecule has 1 saturated heterocycles. The number of hydrogen-bond donors (Lipinski definition) is 2. The maximum Gasteiger partial charge on any atom is 0.178 e. The highest BCUT2D eigenvalue weighted by Crippen LogP contribution is 2.64. The number of Topliss-reactive ketones (excluding diaryl/α,β-unsaturated/α-hetero) is 1. The van der Waals surface area contributed by atoms with Gasteiger partial charge in [-0.3, -0.25) is 4.79 Å². The van der Waals surface area contributed by atoms with Crippen molar-refractivity contribution in [3.8, 4) is 0 Å². The number of aliphatic hydroxyl groups excluding tert-OH is 1. The molecule has 3 aliphatic carbocycles. The van der Waals surface area contributed by atoms with E-state index in [-0.39, 0.29) is 47.3 Å². The van der Waals surface area contributed by atoms with Crippen molar-refractivity contribution in [3.63, 3.8) is 0 Å². The smallest absolute Gasteiger partial charge is 0.178 e. The van der Waals surface area contributed by atoms with Crippen LogP contribution in [0.25, 0.3) is 0 Å². The summed E-state index contributed by atoms with van der Waals surface area (Å²) < 4.78 is 12.6. The Bertz CT molecular complexity index is 837. The molecule has 0 aromatic rings. The minimum atomic E-state index is -1.13. The van der Waals surface area contributed by atoms with Crippen molar-refractivity contribution in [2.24, 2.45) is 29.1 Å². The quantitative estimate of drug-likeness (QED) is 0.458. The lowest BCUT2D eigenvalue weighted by Crippen LogP contribution is -2.47. The van der Waals surface area contributed by atoms with Gasteiger partial charge in [-0.1, -0.05) is 31.6 Å². The number of ketones is 1. The molecule has 186 valence electrons. The fourth-order valence-corrected chi connectivity index (χ4v) is 7.75. The molecule has 2 N–H and O–H groups in total. The first-order valence-corrected chi connectivity index (χ1v) is 12.9. The van der Waals surface area contributed by atoms with Gasteiger partial charge in [0.1, 0.15) is 5.78 Å². The average molecular weight is 461 g/mol. The van der Waals surface area contributed by atoms with Gasteiger partial charge in [0.15, 0.2) is 6.29 Å². The van der Waals surface area contributed by atoms with Crippen LogP contribution in [-0.4, -0.2) is 45.7 Å². The Morgan fingerprint density at radius 3 is 2.61 bits per heavy atom. The van der Waals surface area contributed by atoms with Crippen LogP contribution >= 0.6 is 0 Å². The number of hydrogen-bond acceptors (Lipinski definition) is 5. The molecule has 0 bridgehead atoms. The third-order valence-electron chi connectivity index (χ3n) is 9.23. The number of carbonyl (C=O) groups excluding carboxylic acids is 1. The van der Waals surface area contributed by atoms with Crippen molar-refractivity contribution in [2.45, 2.75) is 117 Å². The summed E-state index contributed by atoms with van der Waals surface area (Å²) >= 11 is 0. The predicted octanol–water partition coefficient (Wildman–Crippen LogP) is 4.95. The summed E-state index contributed by atoms with van der Waals surface area (Å²) in [6, 6.07) is 0. The van der Waals surface area contributed by atoms with Gasteiger partial charge in [0.2, 0.25) is 0 Å². The van der Waals surface area contributed by atoms with E-state index in [0.29, 0.717) is 11.5 Å². The Labute approximate surface area is 199 Å². The first kappa shape index (κ1) is 25.1. The number of allylic oxidation sites excluding steroid dienone is 2. The van der Waals surface area contributed by atoms with Crippen LogP contribution in [-0.2, 0) is 14.3 Å². The minimum absolute atomic E-state index is 0.0199. The van der Waals surface area contributed by atoms with Crippen molar-refractivity contribution in [3.05, 3.63) is 23.3 Å². The van der Waals surface area contributed by atoms with Gasteiger partial charge in [-0.2, -0.15) is 0 Å². The van der Waals surface area contributed by atoms with Gasteiger partial charge in [-0.25, -0.2) is 0 Å². The summed E-state index contributed by atoms with van der Waals surface area (Å²) in [4.78, 5) is 13.1. The van der Waals surface area contributed by atoms with Crippen LogP contribution in [0, 0.1) is 29.1 Å². The van der Waals surface area contributed by atoms with Gasteiger partial charge in [0, 0.05) is 18.3 Å². The number of rotatable bonds is 4. The molecule has 2 saturated carbocycles. The van der Waals surface area contributed by atoms with E-state index in [1.165, 1.54) is 5.57 Å². The molecular weight excluding hydrogens is 416 g/mol. The molecule has 9 atom stereocenters. The molecule has 0 amide bonds. The van der Waals surface area contributed by atoms with Crippen molar-refractivity contribution in [1.29, 1.82) is 0 Å². The second-order valence-corrected chi connectivity index (χ2v) is 12.5. The van der Waals surface area contributed by atoms with Gasteiger partial charge >= 0.3 is 0 Å². The zero-order chi connectivity index (χ0) is 24.3. The topological polar surface area (TPSA) is 76.0 Å². The predicted molar refractivity (Wildman–Crippen MR) is 128 cm³/mol. The van der Waals surface area contributed by atoms with Crippen molar-refractivity contribution >= 4 is 5.78 Å². The maximum atomic E-state index is 13.1. The van der Waals surface area contributed by atoms with Gasteiger partial charge in [0.05, 0.1) is 23.4 Å². The molecule has 0 radical (unpaired) electrons. The van der Waals surface area contributed by atoms with Crippen LogP contribution in [0.4, 0.5) is 0 Å². The summed E-state index contributed by atoms with van der Waals surface area (Å²) in [6.07, 6.45) is 7.89. The number of aliphatic hydroxyl groups is 2. The second kappa shape index (κ2) is 8.58. The third kappa shape index (κ3) is 4.28. The molecule has 4 rings (SSSR count). The van der Waals surface area contributed by atoms with Gasteiger partial charge in [0.25, 0.3) is 0 Å². The zero-order valence-electron chi connectivity index (χ0n) is 21.6. The second-order valence-electron chi connectivity index (χ2n) is 12.5. The van der Waals surface area contributed by atoms with E-state index >= 15 is 0 Å². The largest absolute Gasteiger partial charge is 0.389 e. The highest BCUT2D eigenvalue weighted by atomic mass is 16.6. The number of carbonyl (C=O) groups is 1. The first-order valence-electron chi connectivity index (χ1n) is 12.9. The van der Waals surface area contributed by atoms with Crippen molar-refractivity contribution in [1.82, 2.24) is 0 Å². The molecule has 0 aromatic heterocycles. The molecule has 1 spiro atoms. The lowest BCUT2D eigenvalue weighted by atomic mass is 9.61. The Morgan fingerprint density at radius 2 is 1.97 bits per heavy atom. The van der Waals surface area contributed by atoms with Crippen molar-refractivity contribution < 1.29 is 24.5 Å². The summed E-state index contributed by atoms with van der Waals surface area (Å²) in [7, 11) is 0. The average Bonchev–Trinajstić information content (AvgIpc) is 3.18. The van der Waals surface area contributed by atoms with Crippen LogP contribution < -0.4 is 0 Å². The number of fused-ring (bicyclic) bond motifs is 3. The van der Waals surface area contributed by atoms with E-state index in [4.69, 9.17) is 9.47 Å². The summed E-state index contributed by atoms with van der Waals surface area (Å²) in [5.41, 5.74) is 0.607. The molecule has 5 heteroatoms. The molecule has 0 aromatic carbocycles. The summed E-state index contributed by atoms with van der Waals surface area (Å²) in [6.45, 7) is 14.5. The van der Waals surface area contributed by atoms with Crippen molar-refractivity contribution in [2.75, 3.05) is 0 Å². The molecule has 1 heterocycles. The maximum absolute atomic E-state index is 13.1. The van der Waals surface area contributed by atoms with E-state index in [9.17, 15) is 15.0 Å². The molecule has 1 unspecified atom stereocenters. The third-order valence-corrected chi connectivity index (χ3v) is 9.23. The molecule has 4 aliphatic rings. The van der Waals surface area contributed by atoms with Gasteiger partial charge in [-0.05, 0) is 89.5 Å². The Morgan fingerprint density at radius 1 is 1.27 bits per heavy atom. The normalized spacial score (nSPS) is 47.6. The molecule has 1 aliphatic heterocycles. The monoisotopic (exact) mass is 460 g/mol. The molecule has 5 nitrogen and oxygen atoms in total. The highest BCUT2D eigenvalue weighted by Gasteiger charge is 2.64. The van der Waals surface area contributed by atoms with E-state index < -0.39 is 17.8 Å². The summed E-state index contributed by atoms with van der Waals surface area (Å²) in [5, 5.41) is 22.3. The van der Waals surface area contributed by atoms with Crippen LogP contribution in [0.3, 0.4) is 0 Å². The fourth-order valence-electron chi connectivity index (χ4n) is 7.75. The standard InChI is InChI=1S/C28H44O5/c1-16(2)12-19-13-18(5)28(33-19)11-10-26(6)14-21-24(22(29)15-27(21,7)31)20(8-9-23(26)28)25(30)32-17(3)4/h8,12,17-19,21,23-25,30-31H,9-11,13-15H2,1-7H3/b20-8+/t18-,19-,21-,23+,24+,25?,26+,27+,28-/m0/s1. The SMILES string of the molecule is CC(C)=C[C@H]1C[C@H](C)[C@]2(CC[C@]3(C)C[C@H]4[C@H](C(=O)C[C@@]4(C)O)/C(C(O)OC(C)C)=C\C[C@H]32)O1. The van der Waals surface area contributed by atoms with E-state index in [1.807, 2.05) is 13.8 Å². The zero-order valence-corrected chi connectivity index (χ0v) is 21.6. The van der Waals surface area contributed by atoms with Crippen LogP contribution in [0.1, 0.15) is 87.0 Å². The Balaban J connectivity index is 1.76. The van der Waals surface area contributed by atoms with Gasteiger partial charge < -0.3 is 19.7 Å². The van der Waals surface area contributed by atoms with Gasteiger partial charge in [-0.15, -0.1) is 0 Å². The molecule has 3 fully saturated rings. The minimum Gasteiger partial charge on any atom is -0.389 e. The first-order chi connectivity index (χ1) is 15.3. The lowest BCUT2D eigenvalue weighted by molar-refractivity contribution is -0.128. The summed E-state index contributed by atoms with van der Waals surface area (Å²) in [5.74, 6) is 0.00802. The fraction of sp³-hybridized carbons (Fsp3) is 0.821. The van der Waals surface area contributed by atoms with E-state index in [2.05, 4.69) is 39.8 Å². The Kier molecular flexibility index (Phi) is 6.53. The Hall–Kier alpha value is -1.01. The molecule has 33 heavy (non-hydrogen) atoms. The lowest BCUT2D eigenvalue weighted by Gasteiger charge is -2.46. The van der Waals surface area contributed by atoms with E-state index in [1.54, 1.807) is 6.92 Å². The van der Waals surface area contributed by atoms with Crippen LogP contribution in [0.2, 0.25) is 0 Å². The van der Waals surface area contributed by atoms with E-state index in [0.717, 1.165) is 32.1 Å².